The van der Waals surface area contributed by atoms with E-state index >= 15 is 0 Å². The molecule has 1 aliphatic heterocycles. The van der Waals surface area contributed by atoms with Crippen LogP contribution < -0.4 is 4.74 Å². The molecule has 1 aliphatic rings. The summed E-state index contributed by atoms with van der Waals surface area (Å²) in [5.74, 6) is 0.433. The second-order valence-corrected chi connectivity index (χ2v) is 8.20. The standard InChI is InChI=1S/C19H16N4O2.C6H12FN/c1-23-10-14(18(22-23)12-6-4-3-5-7-12)19-13-8-16(24)17(25-2)9-15(13)20-11-21-19;1-8-4-2-3-6(7)5-8/h3-11,24H,1-2H3;6H,2-5H2,1H3. The van der Waals surface area contributed by atoms with Crippen LogP contribution in [0.5, 0.6) is 11.5 Å². The van der Waals surface area contributed by atoms with Crippen LogP contribution in [0.15, 0.2) is 55.0 Å². The highest BCUT2D eigenvalue weighted by Crippen LogP contribution is 2.37. The number of aryl methyl sites for hydroxylation is 1. The van der Waals surface area contributed by atoms with E-state index < -0.39 is 6.17 Å². The zero-order valence-electron chi connectivity index (χ0n) is 19.1. The van der Waals surface area contributed by atoms with Gasteiger partial charge in [0, 0.05) is 42.4 Å². The van der Waals surface area contributed by atoms with E-state index in [1.165, 1.54) is 13.4 Å². The Labute approximate surface area is 192 Å². The first-order valence-electron chi connectivity index (χ1n) is 10.9. The Morgan fingerprint density at radius 3 is 2.55 bits per heavy atom. The number of phenolic OH excluding ortho intramolecular Hbond substituents is 1. The SMILES string of the molecule is CN1CCCC(F)C1.COc1cc2ncnc(-c3cn(C)nc3-c3ccccc3)c2cc1O. The maximum absolute atomic E-state index is 12.4. The van der Waals surface area contributed by atoms with Crippen molar-refractivity contribution in [2.24, 2.45) is 7.05 Å². The fourth-order valence-electron chi connectivity index (χ4n) is 4.03. The lowest BCUT2D eigenvalue weighted by Crippen LogP contribution is -2.32. The molecule has 0 amide bonds. The molecule has 5 rings (SSSR count). The van der Waals surface area contributed by atoms with Gasteiger partial charge in [-0.15, -0.1) is 0 Å². The predicted octanol–water partition coefficient (Wildman–Crippen LogP) is 4.46. The number of halogens is 1. The molecule has 33 heavy (non-hydrogen) atoms. The molecule has 0 bridgehead atoms. The number of likely N-dealkylation sites (tertiary alicyclic amines) is 1. The van der Waals surface area contributed by atoms with E-state index in [9.17, 15) is 9.50 Å². The van der Waals surface area contributed by atoms with Gasteiger partial charge in [-0.05, 0) is 32.5 Å². The lowest BCUT2D eigenvalue weighted by molar-refractivity contribution is 0.163. The molecule has 3 heterocycles. The Morgan fingerprint density at radius 2 is 1.88 bits per heavy atom. The van der Waals surface area contributed by atoms with Gasteiger partial charge < -0.3 is 14.7 Å². The molecule has 0 aliphatic carbocycles. The van der Waals surface area contributed by atoms with Crippen LogP contribution in [0.2, 0.25) is 0 Å². The van der Waals surface area contributed by atoms with E-state index in [-0.39, 0.29) is 5.75 Å². The topological polar surface area (TPSA) is 76.3 Å². The van der Waals surface area contributed by atoms with Crippen molar-refractivity contribution in [2.75, 3.05) is 27.2 Å². The molecule has 8 heteroatoms. The van der Waals surface area contributed by atoms with Gasteiger partial charge in [0.15, 0.2) is 11.5 Å². The second-order valence-electron chi connectivity index (χ2n) is 8.20. The van der Waals surface area contributed by atoms with E-state index in [0.717, 1.165) is 47.3 Å². The number of piperidine rings is 1. The van der Waals surface area contributed by atoms with Gasteiger partial charge >= 0.3 is 0 Å². The minimum absolute atomic E-state index is 0.0520. The van der Waals surface area contributed by atoms with Crippen LogP contribution >= 0.6 is 0 Å². The molecule has 1 unspecified atom stereocenters. The third kappa shape index (κ3) is 5.12. The summed E-state index contributed by atoms with van der Waals surface area (Å²) < 4.78 is 19.3. The molecule has 0 radical (unpaired) electrons. The van der Waals surface area contributed by atoms with Crippen molar-refractivity contribution < 1.29 is 14.2 Å². The number of benzene rings is 2. The van der Waals surface area contributed by atoms with E-state index in [0.29, 0.717) is 17.8 Å². The van der Waals surface area contributed by atoms with E-state index in [1.54, 1.807) is 16.8 Å². The molecule has 7 nitrogen and oxygen atoms in total. The third-order valence-electron chi connectivity index (χ3n) is 5.63. The highest BCUT2D eigenvalue weighted by molar-refractivity contribution is 5.97. The Morgan fingerprint density at radius 1 is 1.09 bits per heavy atom. The van der Waals surface area contributed by atoms with Crippen LogP contribution in [0, 0.1) is 0 Å². The summed E-state index contributed by atoms with van der Waals surface area (Å²) in [6.07, 6.45) is 4.66. The molecule has 1 saturated heterocycles. The molecule has 1 atom stereocenters. The number of fused-ring (bicyclic) bond motifs is 1. The summed E-state index contributed by atoms with van der Waals surface area (Å²) in [5, 5.41) is 15.5. The van der Waals surface area contributed by atoms with Gasteiger partial charge in [-0.1, -0.05) is 30.3 Å². The summed E-state index contributed by atoms with van der Waals surface area (Å²) in [5.41, 5.74) is 4.13. The predicted molar refractivity (Wildman–Crippen MR) is 127 cm³/mol. The summed E-state index contributed by atoms with van der Waals surface area (Å²) in [6, 6.07) is 13.3. The first kappa shape index (κ1) is 22.7. The van der Waals surface area contributed by atoms with Gasteiger partial charge in [0.1, 0.15) is 18.2 Å². The third-order valence-corrected chi connectivity index (χ3v) is 5.63. The number of aromatic hydroxyl groups is 1. The van der Waals surface area contributed by atoms with Crippen LogP contribution in [0.1, 0.15) is 12.8 Å². The summed E-state index contributed by atoms with van der Waals surface area (Å²) in [6.45, 7) is 1.71. The average Bonchev–Trinajstić information content (AvgIpc) is 3.20. The molecular weight excluding hydrogens is 421 g/mol. The van der Waals surface area contributed by atoms with Crippen molar-refractivity contribution in [3.63, 3.8) is 0 Å². The molecular formula is C25H28FN5O2. The van der Waals surface area contributed by atoms with Gasteiger partial charge in [-0.25, -0.2) is 14.4 Å². The Balaban J connectivity index is 0.000000275. The van der Waals surface area contributed by atoms with Gasteiger partial charge in [0.2, 0.25) is 0 Å². The monoisotopic (exact) mass is 449 g/mol. The maximum Gasteiger partial charge on any atom is 0.162 e. The van der Waals surface area contributed by atoms with Gasteiger partial charge in [0.05, 0.1) is 18.3 Å². The number of ether oxygens (including phenoxy) is 1. The lowest BCUT2D eigenvalue weighted by Gasteiger charge is -2.24. The highest BCUT2D eigenvalue weighted by atomic mass is 19.1. The van der Waals surface area contributed by atoms with Crippen molar-refractivity contribution in [1.29, 1.82) is 0 Å². The number of aromatic nitrogens is 4. The number of phenols is 1. The number of hydrogen-bond acceptors (Lipinski definition) is 6. The zero-order chi connectivity index (χ0) is 23.4. The largest absolute Gasteiger partial charge is 0.504 e. The maximum atomic E-state index is 12.4. The van der Waals surface area contributed by atoms with Crippen LogP contribution in [0.25, 0.3) is 33.4 Å². The van der Waals surface area contributed by atoms with Crippen LogP contribution in [-0.4, -0.2) is 63.2 Å². The highest BCUT2D eigenvalue weighted by Gasteiger charge is 2.18. The summed E-state index contributed by atoms with van der Waals surface area (Å²) >= 11 is 0. The fraction of sp³-hybridized carbons (Fsp3) is 0.320. The molecule has 2 aromatic carbocycles. The Bertz CT molecular complexity index is 1220. The first-order chi connectivity index (χ1) is 16.0. The molecule has 0 spiro atoms. The molecule has 2 aromatic heterocycles. The molecule has 1 fully saturated rings. The Hall–Kier alpha value is -3.52. The van der Waals surface area contributed by atoms with Crippen LogP contribution in [0.3, 0.4) is 0 Å². The normalized spacial score (nSPS) is 16.3. The average molecular weight is 450 g/mol. The quantitative estimate of drug-likeness (QED) is 0.498. The summed E-state index contributed by atoms with van der Waals surface area (Å²) in [4.78, 5) is 10.8. The van der Waals surface area contributed by atoms with E-state index in [1.807, 2.05) is 55.5 Å². The zero-order valence-corrected chi connectivity index (χ0v) is 19.1. The van der Waals surface area contributed by atoms with Crippen molar-refractivity contribution in [1.82, 2.24) is 24.6 Å². The summed E-state index contributed by atoms with van der Waals surface area (Å²) in [7, 11) is 5.35. The Kier molecular flexibility index (Phi) is 6.84. The smallest absolute Gasteiger partial charge is 0.162 e. The number of rotatable bonds is 3. The minimum Gasteiger partial charge on any atom is -0.504 e. The van der Waals surface area contributed by atoms with Crippen molar-refractivity contribution in [3.05, 3.63) is 55.0 Å². The van der Waals surface area contributed by atoms with Crippen molar-refractivity contribution >= 4 is 10.9 Å². The number of hydrogen-bond donors (Lipinski definition) is 1. The van der Waals surface area contributed by atoms with Gasteiger partial charge in [-0.2, -0.15) is 5.10 Å². The molecule has 172 valence electrons. The molecule has 4 aromatic rings. The van der Waals surface area contributed by atoms with Crippen molar-refractivity contribution in [2.45, 2.75) is 19.0 Å². The van der Waals surface area contributed by atoms with Gasteiger partial charge in [0.25, 0.3) is 0 Å². The number of nitrogens with zero attached hydrogens (tertiary/aromatic N) is 5. The van der Waals surface area contributed by atoms with E-state index in [4.69, 9.17) is 4.74 Å². The first-order valence-corrected chi connectivity index (χ1v) is 10.9. The lowest BCUT2D eigenvalue weighted by atomic mass is 10.0. The second kappa shape index (κ2) is 9.95. The molecule has 0 saturated carbocycles. The van der Waals surface area contributed by atoms with Crippen LogP contribution in [0.4, 0.5) is 4.39 Å². The number of alkyl halides is 1. The van der Waals surface area contributed by atoms with Crippen LogP contribution in [-0.2, 0) is 7.05 Å². The van der Waals surface area contributed by atoms with Gasteiger partial charge in [-0.3, -0.25) is 4.68 Å². The fourth-order valence-corrected chi connectivity index (χ4v) is 4.03. The molecule has 1 N–H and O–H groups in total. The van der Waals surface area contributed by atoms with Crippen molar-refractivity contribution in [3.8, 4) is 34.0 Å². The minimum atomic E-state index is -0.561. The van der Waals surface area contributed by atoms with E-state index in [2.05, 4.69) is 15.1 Å². The number of methoxy groups -OCH3 is 1.